The van der Waals surface area contributed by atoms with Gasteiger partial charge in [-0.3, -0.25) is 0 Å². The number of hydrogen-bond donors (Lipinski definition) is 1. The van der Waals surface area contributed by atoms with E-state index in [0.29, 0.717) is 12.1 Å². The molecule has 0 saturated heterocycles. The van der Waals surface area contributed by atoms with Gasteiger partial charge in [0, 0.05) is 0 Å². The highest BCUT2D eigenvalue weighted by Gasteiger charge is 2.11. The smallest absolute Gasteiger partial charge is 0.112 e. The van der Waals surface area contributed by atoms with E-state index in [9.17, 15) is 5.11 Å². The van der Waals surface area contributed by atoms with Crippen LogP contribution in [0.5, 0.6) is 0 Å². The third-order valence-corrected chi connectivity index (χ3v) is 2.40. The Labute approximate surface area is 94.5 Å². The van der Waals surface area contributed by atoms with Crippen molar-refractivity contribution in [1.29, 1.82) is 0 Å². The van der Waals surface area contributed by atoms with E-state index in [1.54, 1.807) is 6.20 Å². The molecule has 0 radical (unpaired) electrons. The Balaban J connectivity index is 2.20. The van der Waals surface area contributed by atoms with Crippen molar-refractivity contribution < 1.29 is 5.11 Å². The van der Waals surface area contributed by atoms with Crippen LogP contribution >= 0.6 is 0 Å². The van der Waals surface area contributed by atoms with Gasteiger partial charge in [-0.2, -0.15) is 15.0 Å². The van der Waals surface area contributed by atoms with Gasteiger partial charge in [0.2, 0.25) is 0 Å². The van der Waals surface area contributed by atoms with E-state index in [-0.39, 0.29) is 0 Å². The molecule has 0 saturated carbocycles. The van der Waals surface area contributed by atoms with Gasteiger partial charge in [-0.15, -0.1) is 0 Å². The van der Waals surface area contributed by atoms with Crippen LogP contribution in [0.15, 0.2) is 36.5 Å². The lowest BCUT2D eigenvalue weighted by molar-refractivity contribution is 0.161. The average molecular weight is 217 g/mol. The summed E-state index contributed by atoms with van der Waals surface area (Å²) in [6.45, 7) is 2.03. The van der Waals surface area contributed by atoms with Crippen molar-refractivity contribution in [1.82, 2.24) is 15.0 Å². The lowest BCUT2D eigenvalue weighted by Gasteiger charge is -2.03. The largest absolute Gasteiger partial charge is 0.387 e. The number of benzene rings is 1. The summed E-state index contributed by atoms with van der Waals surface area (Å²) < 4.78 is 0. The molecular weight excluding hydrogens is 202 g/mol. The van der Waals surface area contributed by atoms with E-state index in [1.807, 2.05) is 37.3 Å². The second-order valence-corrected chi connectivity index (χ2v) is 3.70. The predicted octanol–water partition coefficient (Wildman–Crippen LogP) is 2.10. The maximum atomic E-state index is 9.76. The highest BCUT2D eigenvalue weighted by molar-refractivity contribution is 5.28. The third-order valence-electron chi connectivity index (χ3n) is 2.40. The molecule has 2 rings (SSSR count). The van der Waals surface area contributed by atoms with Gasteiger partial charge < -0.3 is 5.11 Å². The van der Waals surface area contributed by atoms with Crippen molar-refractivity contribution in [2.24, 2.45) is 0 Å². The number of hydrogen-bond acceptors (Lipinski definition) is 3. The summed E-state index contributed by atoms with van der Waals surface area (Å²) >= 11 is 0. The van der Waals surface area contributed by atoms with Gasteiger partial charge in [-0.05, 0) is 18.6 Å². The Kier molecular flexibility index (Phi) is 3.31. The van der Waals surface area contributed by atoms with Crippen molar-refractivity contribution in [3.63, 3.8) is 0 Å². The van der Waals surface area contributed by atoms with Crippen LogP contribution in [0, 0.1) is 0 Å². The lowest BCUT2D eigenvalue weighted by atomic mass is 10.2. The van der Waals surface area contributed by atoms with Gasteiger partial charge in [0.05, 0.1) is 18.0 Å². The van der Waals surface area contributed by atoms with E-state index in [4.69, 9.17) is 0 Å². The zero-order valence-corrected chi connectivity index (χ0v) is 9.24. The van der Waals surface area contributed by atoms with Gasteiger partial charge in [0.25, 0.3) is 0 Å². The molecule has 1 atom stereocenters. The molecule has 0 aliphatic carbocycles. The summed E-state index contributed by atoms with van der Waals surface area (Å²) in [4.78, 5) is 1.54. The molecule has 0 amide bonds. The molecule has 1 N–H and O–H groups in total. The Morgan fingerprint density at radius 2 is 2.06 bits per heavy atom. The normalized spacial score (nSPS) is 12.6. The fourth-order valence-electron chi connectivity index (χ4n) is 1.53. The first-order valence-electron chi connectivity index (χ1n) is 5.47. The Bertz CT molecular complexity index is 439. The number of nitrogens with zero attached hydrogens (tertiary/aromatic N) is 3. The van der Waals surface area contributed by atoms with Gasteiger partial charge in [0.15, 0.2) is 0 Å². The molecule has 0 bridgehead atoms. The number of aliphatic hydroxyl groups excluding tert-OH is 1. The summed E-state index contributed by atoms with van der Waals surface area (Å²) in [6, 6.07) is 9.66. The van der Waals surface area contributed by atoms with Crippen molar-refractivity contribution in [3.05, 3.63) is 42.2 Å². The van der Waals surface area contributed by atoms with Gasteiger partial charge >= 0.3 is 0 Å². The van der Waals surface area contributed by atoms with E-state index in [2.05, 4.69) is 10.2 Å². The molecule has 0 aliphatic heterocycles. The SMILES string of the molecule is CCCC(O)c1cnn(-c2ccccc2)n1. The maximum absolute atomic E-state index is 9.76. The molecule has 0 aliphatic rings. The van der Waals surface area contributed by atoms with E-state index >= 15 is 0 Å². The van der Waals surface area contributed by atoms with Crippen LogP contribution in [0.2, 0.25) is 0 Å². The number of rotatable bonds is 4. The molecule has 4 heteroatoms. The Morgan fingerprint density at radius 3 is 2.75 bits per heavy atom. The van der Waals surface area contributed by atoms with Crippen molar-refractivity contribution in [2.75, 3.05) is 0 Å². The van der Waals surface area contributed by atoms with Crippen molar-refractivity contribution in [3.8, 4) is 5.69 Å². The molecule has 2 aromatic rings. The fourth-order valence-corrected chi connectivity index (χ4v) is 1.53. The maximum Gasteiger partial charge on any atom is 0.112 e. The van der Waals surface area contributed by atoms with E-state index < -0.39 is 6.10 Å². The van der Waals surface area contributed by atoms with Crippen LogP contribution in [0.4, 0.5) is 0 Å². The number of para-hydroxylation sites is 1. The summed E-state index contributed by atoms with van der Waals surface area (Å²) in [5.41, 5.74) is 1.53. The van der Waals surface area contributed by atoms with Crippen LogP contribution in [0.3, 0.4) is 0 Å². The van der Waals surface area contributed by atoms with E-state index in [1.165, 1.54) is 4.80 Å². The van der Waals surface area contributed by atoms with Crippen LogP contribution < -0.4 is 0 Å². The summed E-state index contributed by atoms with van der Waals surface area (Å²) in [7, 11) is 0. The highest BCUT2D eigenvalue weighted by atomic mass is 16.3. The minimum atomic E-state index is -0.512. The molecule has 16 heavy (non-hydrogen) atoms. The molecule has 84 valence electrons. The van der Waals surface area contributed by atoms with Gasteiger partial charge in [0.1, 0.15) is 5.69 Å². The highest BCUT2D eigenvalue weighted by Crippen LogP contribution is 2.15. The summed E-state index contributed by atoms with van der Waals surface area (Å²) in [5, 5.41) is 18.2. The average Bonchev–Trinajstić information content (AvgIpc) is 2.80. The van der Waals surface area contributed by atoms with Crippen LogP contribution in [-0.4, -0.2) is 20.1 Å². The lowest BCUT2D eigenvalue weighted by Crippen LogP contribution is -2.01. The minimum absolute atomic E-state index is 0.512. The number of aromatic nitrogens is 3. The van der Waals surface area contributed by atoms with Crippen LogP contribution in [-0.2, 0) is 0 Å². The van der Waals surface area contributed by atoms with E-state index in [0.717, 1.165) is 12.1 Å². The quantitative estimate of drug-likeness (QED) is 0.853. The second-order valence-electron chi connectivity index (χ2n) is 3.70. The minimum Gasteiger partial charge on any atom is -0.387 e. The molecule has 1 aromatic heterocycles. The zero-order chi connectivity index (χ0) is 11.4. The topological polar surface area (TPSA) is 50.9 Å². The van der Waals surface area contributed by atoms with Crippen LogP contribution in [0.1, 0.15) is 31.6 Å². The molecule has 1 unspecified atom stereocenters. The standard InChI is InChI=1S/C12H15N3O/c1-2-6-12(16)11-9-13-15(14-11)10-7-4-3-5-8-10/h3-5,7-9,12,16H,2,6H2,1H3. The Hall–Kier alpha value is -1.68. The molecular formula is C12H15N3O. The molecule has 1 heterocycles. The summed E-state index contributed by atoms with van der Waals surface area (Å²) in [5.74, 6) is 0. The zero-order valence-electron chi connectivity index (χ0n) is 9.24. The van der Waals surface area contributed by atoms with Crippen molar-refractivity contribution in [2.45, 2.75) is 25.9 Å². The molecule has 4 nitrogen and oxygen atoms in total. The first-order chi connectivity index (χ1) is 7.81. The predicted molar refractivity (Wildman–Crippen MR) is 61.2 cm³/mol. The first kappa shape index (κ1) is 10.8. The monoisotopic (exact) mass is 217 g/mol. The van der Waals surface area contributed by atoms with Crippen molar-refractivity contribution >= 4 is 0 Å². The third kappa shape index (κ3) is 2.28. The molecule has 0 spiro atoms. The number of aliphatic hydroxyl groups is 1. The molecule has 1 aromatic carbocycles. The second kappa shape index (κ2) is 4.90. The first-order valence-corrected chi connectivity index (χ1v) is 5.47. The molecule has 0 fully saturated rings. The fraction of sp³-hybridized carbons (Fsp3) is 0.333. The summed E-state index contributed by atoms with van der Waals surface area (Å²) in [6.07, 6.45) is 2.75. The Morgan fingerprint density at radius 1 is 1.31 bits per heavy atom. The van der Waals surface area contributed by atoms with Gasteiger partial charge in [-0.1, -0.05) is 31.5 Å². The van der Waals surface area contributed by atoms with Crippen LogP contribution in [0.25, 0.3) is 5.69 Å². The van der Waals surface area contributed by atoms with Gasteiger partial charge in [-0.25, -0.2) is 0 Å².